The number of benzene rings is 1. The number of hydrogen-bond acceptors (Lipinski definition) is 3. The lowest BCUT2D eigenvalue weighted by Crippen LogP contribution is -2.30. The smallest absolute Gasteiger partial charge is 0.253 e. The number of halogens is 1. The quantitative estimate of drug-likeness (QED) is 0.905. The Morgan fingerprint density at radius 3 is 3.05 bits per heavy atom. The normalized spacial score (nSPS) is 18.6. The van der Waals surface area contributed by atoms with Crippen LogP contribution in [-0.4, -0.2) is 43.7 Å². The fourth-order valence-corrected chi connectivity index (χ4v) is 3.16. The summed E-state index contributed by atoms with van der Waals surface area (Å²) in [5, 5.41) is 3.15. The first-order chi connectivity index (χ1) is 9.65. The van der Waals surface area contributed by atoms with Gasteiger partial charge in [0.2, 0.25) is 0 Å². The highest BCUT2D eigenvalue weighted by Crippen LogP contribution is 2.21. The summed E-state index contributed by atoms with van der Waals surface area (Å²) < 4.78 is 13.6. The van der Waals surface area contributed by atoms with E-state index in [1.165, 1.54) is 6.07 Å². The molecule has 3 nitrogen and oxygen atoms in total. The van der Waals surface area contributed by atoms with Gasteiger partial charge in [0.15, 0.2) is 0 Å². The van der Waals surface area contributed by atoms with Gasteiger partial charge in [0.05, 0.1) is 0 Å². The lowest BCUT2D eigenvalue weighted by molar-refractivity contribution is 0.0787. The summed E-state index contributed by atoms with van der Waals surface area (Å²) in [6.45, 7) is 2.51. The van der Waals surface area contributed by atoms with E-state index in [9.17, 15) is 9.18 Å². The molecule has 0 radical (unpaired) electrons. The molecule has 2 rings (SSSR count). The lowest BCUT2D eigenvalue weighted by atomic mass is 10.1. The molecule has 1 saturated heterocycles. The second-order valence-corrected chi connectivity index (χ2v) is 6.07. The average molecular weight is 296 g/mol. The van der Waals surface area contributed by atoms with Crippen LogP contribution in [0.15, 0.2) is 18.2 Å². The van der Waals surface area contributed by atoms with Crippen LogP contribution in [0.25, 0.3) is 0 Å². The Hall–Kier alpha value is -1.07. The standard InChI is InChI=1S/C15H21FN2OS/c1-17-8-11-5-6-18(9-11)15(19)12-3-4-14(16)13(7-12)10-20-2/h3-4,7,11,17H,5-6,8-10H2,1-2H3. The highest BCUT2D eigenvalue weighted by atomic mass is 32.2. The molecule has 20 heavy (non-hydrogen) atoms. The first-order valence-corrected chi connectivity index (χ1v) is 8.26. The number of rotatable bonds is 5. The molecule has 1 aliphatic heterocycles. The van der Waals surface area contributed by atoms with Crippen molar-refractivity contribution in [3.63, 3.8) is 0 Å². The number of amides is 1. The number of thioether (sulfide) groups is 1. The van der Waals surface area contributed by atoms with Gasteiger partial charge in [-0.05, 0) is 55.9 Å². The summed E-state index contributed by atoms with van der Waals surface area (Å²) in [5.74, 6) is 0.904. The number of carbonyl (C=O) groups excluding carboxylic acids is 1. The van der Waals surface area contributed by atoms with E-state index in [0.29, 0.717) is 22.8 Å². The molecule has 110 valence electrons. The van der Waals surface area contributed by atoms with Gasteiger partial charge in [-0.25, -0.2) is 4.39 Å². The van der Waals surface area contributed by atoms with Crippen molar-refractivity contribution in [2.24, 2.45) is 5.92 Å². The zero-order valence-corrected chi connectivity index (χ0v) is 12.8. The molecule has 1 aromatic rings. The van der Waals surface area contributed by atoms with Crippen LogP contribution in [0.5, 0.6) is 0 Å². The van der Waals surface area contributed by atoms with Crippen LogP contribution in [0.3, 0.4) is 0 Å². The summed E-state index contributed by atoms with van der Waals surface area (Å²) in [4.78, 5) is 14.3. The van der Waals surface area contributed by atoms with E-state index in [-0.39, 0.29) is 11.7 Å². The van der Waals surface area contributed by atoms with E-state index in [1.807, 2.05) is 18.2 Å². The molecule has 1 fully saturated rings. The van der Waals surface area contributed by atoms with Crippen LogP contribution in [0.2, 0.25) is 0 Å². The van der Waals surface area contributed by atoms with Gasteiger partial charge in [-0.1, -0.05) is 0 Å². The van der Waals surface area contributed by atoms with E-state index < -0.39 is 0 Å². The van der Waals surface area contributed by atoms with Crippen LogP contribution in [0.1, 0.15) is 22.3 Å². The Kier molecular flexibility index (Phi) is 5.43. The molecule has 0 spiro atoms. The molecule has 0 bridgehead atoms. The van der Waals surface area contributed by atoms with Gasteiger partial charge in [0.25, 0.3) is 5.91 Å². The third-order valence-electron chi connectivity index (χ3n) is 3.66. The largest absolute Gasteiger partial charge is 0.338 e. The van der Waals surface area contributed by atoms with E-state index in [4.69, 9.17) is 0 Å². The van der Waals surface area contributed by atoms with Gasteiger partial charge in [-0.3, -0.25) is 4.79 Å². The second-order valence-electron chi connectivity index (χ2n) is 5.20. The third kappa shape index (κ3) is 3.52. The van der Waals surface area contributed by atoms with Crippen molar-refractivity contribution >= 4 is 17.7 Å². The Bertz CT molecular complexity index is 481. The monoisotopic (exact) mass is 296 g/mol. The Labute approximate surface area is 123 Å². The van der Waals surface area contributed by atoms with Crippen molar-refractivity contribution in [3.8, 4) is 0 Å². The van der Waals surface area contributed by atoms with Gasteiger partial charge in [0.1, 0.15) is 5.82 Å². The van der Waals surface area contributed by atoms with Crippen LogP contribution < -0.4 is 5.32 Å². The maximum Gasteiger partial charge on any atom is 0.253 e. The van der Waals surface area contributed by atoms with Crippen LogP contribution in [0.4, 0.5) is 4.39 Å². The lowest BCUT2D eigenvalue weighted by Gasteiger charge is -2.17. The molecule has 1 aliphatic rings. The SMILES string of the molecule is CNCC1CCN(C(=O)c2ccc(F)c(CSC)c2)C1. The molecule has 1 amide bonds. The van der Waals surface area contributed by atoms with Crippen molar-refractivity contribution in [3.05, 3.63) is 35.1 Å². The van der Waals surface area contributed by atoms with Crippen LogP contribution in [0, 0.1) is 11.7 Å². The highest BCUT2D eigenvalue weighted by molar-refractivity contribution is 7.97. The van der Waals surface area contributed by atoms with Gasteiger partial charge < -0.3 is 10.2 Å². The van der Waals surface area contributed by atoms with Crippen molar-refractivity contribution < 1.29 is 9.18 Å². The Morgan fingerprint density at radius 1 is 1.55 bits per heavy atom. The molecule has 0 aromatic heterocycles. The number of nitrogens with one attached hydrogen (secondary N) is 1. The number of nitrogens with zero attached hydrogens (tertiary/aromatic N) is 1. The Balaban J connectivity index is 2.08. The minimum absolute atomic E-state index is 0.0194. The van der Waals surface area contributed by atoms with Crippen molar-refractivity contribution in [1.29, 1.82) is 0 Å². The van der Waals surface area contributed by atoms with E-state index in [0.717, 1.165) is 26.1 Å². The maximum absolute atomic E-state index is 13.6. The molecular formula is C15H21FN2OS. The molecule has 0 saturated carbocycles. The van der Waals surface area contributed by atoms with Crippen molar-refractivity contribution in [2.45, 2.75) is 12.2 Å². The van der Waals surface area contributed by atoms with Gasteiger partial charge in [-0.2, -0.15) is 11.8 Å². The Morgan fingerprint density at radius 2 is 2.35 bits per heavy atom. The summed E-state index contributed by atoms with van der Waals surface area (Å²) in [7, 11) is 1.93. The van der Waals surface area contributed by atoms with E-state index in [1.54, 1.807) is 23.9 Å². The topological polar surface area (TPSA) is 32.3 Å². The van der Waals surface area contributed by atoms with Crippen LogP contribution >= 0.6 is 11.8 Å². The van der Waals surface area contributed by atoms with E-state index in [2.05, 4.69) is 5.32 Å². The fourth-order valence-electron chi connectivity index (χ4n) is 2.63. The fraction of sp³-hybridized carbons (Fsp3) is 0.533. The first kappa shape index (κ1) is 15.3. The predicted octanol–water partition coefficient (Wildman–Crippen LogP) is 2.37. The number of hydrogen-bond donors (Lipinski definition) is 1. The first-order valence-electron chi connectivity index (χ1n) is 6.87. The molecule has 1 N–H and O–H groups in total. The molecule has 5 heteroatoms. The third-order valence-corrected chi connectivity index (χ3v) is 4.26. The molecule has 1 aromatic carbocycles. The summed E-state index contributed by atoms with van der Waals surface area (Å²) in [5.41, 5.74) is 1.20. The van der Waals surface area contributed by atoms with Crippen molar-refractivity contribution in [1.82, 2.24) is 10.2 Å². The number of likely N-dealkylation sites (tertiary alicyclic amines) is 1. The second kappa shape index (κ2) is 7.09. The van der Waals surface area contributed by atoms with Crippen LogP contribution in [-0.2, 0) is 5.75 Å². The zero-order valence-electron chi connectivity index (χ0n) is 12.0. The van der Waals surface area contributed by atoms with E-state index >= 15 is 0 Å². The molecule has 0 aliphatic carbocycles. The number of carbonyl (C=O) groups is 1. The highest BCUT2D eigenvalue weighted by Gasteiger charge is 2.26. The zero-order chi connectivity index (χ0) is 14.5. The minimum atomic E-state index is -0.231. The van der Waals surface area contributed by atoms with Crippen molar-refractivity contribution in [2.75, 3.05) is 32.9 Å². The van der Waals surface area contributed by atoms with Gasteiger partial charge in [-0.15, -0.1) is 0 Å². The van der Waals surface area contributed by atoms with Gasteiger partial charge in [0, 0.05) is 24.4 Å². The molecule has 1 unspecified atom stereocenters. The summed E-state index contributed by atoms with van der Waals surface area (Å²) in [6.07, 6.45) is 2.96. The summed E-state index contributed by atoms with van der Waals surface area (Å²) >= 11 is 1.56. The average Bonchev–Trinajstić information content (AvgIpc) is 2.90. The molecule has 1 heterocycles. The minimum Gasteiger partial charge on any atom is -0.338 e. The summed E-state index contributed by atoms with van der Waals surface area (Å²) in [6, 6.07) is 4.69. The predicted molar refractivity (Wildman–Crippen MR) is 81.6 cm³/mol. The molecule has 1 atom stereocenters. The molecular weight excluding hydrogens is 275 g/mol. The van der Waals surface area contributed by atoms with Gasteiger partial charge >= 0.3 is 0 Å². The maximum atomic E-state index is 13.6.